The maximum absolute atomic E-state index is 14.0. The van der Waals surface area contributed by atoms with Crippen LogP contribution >= 0.6 is 0 Å². The van der Waals surface area contributed by atoms with Crippen molar-refractivity contribution in [1.29, 1.82) is 0 Å². The Bertz CT molecular complexity index is 1360. The van der Waals surface area contributed by atoms with Crippen molar-refractivity contribution in [1.82, 2.24) is 10.2 Å². The summed E-state index contributed by atoms with van der Waals surface area (Å²) < 4.78 is 28.8. The van der Waals surface area contributed by atoms with Crippen LogP contribution in [-0.2, 0) is 26.2 Å². The molecule has 0 aliphatic carbocycles. The Morgan fingerprint density at radius 3 is 1.90 bits per heavy atom. The molecule has 0 aromatic heterocycles. The average Bonchev–Trinajstić information content (AvgIpc) is 2.87. The van der Waals surface area contributed by atoms with Gasteiger partial charge in [-0.25, -0.2) is 8.42 Å². The molecule has 39 heavy (non-hydrogen) atoms. The molecule has 3 rings (SSSR count). The maximum Gasteiger partial charge on any atom is 0.264 e. The molecular weight excluding hydrogens is 510 g/mol. The van der Waals surface area contributed by atoms with Gasteiger partial charge in [-0.15, -0.1) is 0 Å². The summed E-state index contributed by atoms with van der Waals surface area (Å²) in [5, 5.41) is 2.98. The standard InChI is InChI=1S/C31H39N3O4S/c1-7-28(30(36)32-31(4,5)6)33(21-25-17-13-23(2)14-18-25)29(35)22-34(26-11-9-8-10-12-26)39(37,38)27-19-15-24(3)16-20-27/h8-20,28H,7,21-22H2,1-6H3,(H,32,36)/t28-/m1/s1. The summed E-state index contributed by atoms with van der Waals surface area (Å²) >= 11 is 0. The monoisotopic (exact) mass is 549 g/mol. The van der Waals surface area contributed by atoms with Gasteiger partial charge in [0, 0.05) is 12.1 Å². The molecule has 0 saturated carbocycles. The highest BCUT2D eigenvalue weighted by Crippen LogP contribution is 2.25. The number of sulfonamides is 1. The Balaban J connectivity index is 2.04. The number of aryl methyl sites for hydroxylation is 2. The number of hydrogen-bond donors (Lipinski definition) is 1. The lowest BCUT2D eigenvalue weighted by molar-refractivity contribution is -0.141. The quantitative estimate of drug-likeness (QED) is 0.376. The summed E-state index contributed by atoms with van der Waals surface area (Å²) in [5.74, 6) is -0.746. The highest BCUT2D eigenvalue weighted by atomic mass is 32.2. The molecule has 0 spiro atoms. The molecule has 0 radical (unpaired) electrons. The van der Waals surface area contributed by atoms with Gasteiger partial charge in [0.15, 0.2) is 0 Å². The van der Waals surface area contributed by atoms with Gasteiger partial charge in [-0.3, -0.25) is 13.9 Å². The van der Waals surface area contributed by atoms with Crippen LogP contribution in [0.5, 0.6) is 0 Å². The lowest BCUT2D eigenvalue weighted by atomic mass is 10.1. The average molecular weight is 550 g/mol. The number of nitrogens with zero attached hydrogens (tertiary/aromatic N) is 2. The zero-order chi connectivity index (χ0) is 28.8. The van der Waals surface area contributed by atoms with Gasteiger partial charge in [0.2, 0.25) is 11.8 Å². The van der Waals surface area contributed by atoms with Crippen LogP contribution in [0.2, 0.25) is 0 Å². The molecule has 1 atom stereocenters. The summed E-state index contributed by atoms with van der Waals surface area (Å²) in [5.41, 5.74) is 2.73. The molecule has 1 N–H and O–H groups in total. The zero-order valence-electron chi connectivity index (χ0n) is 23.6. The van der Waals surface area contributed by atoms with E-state index in [4.69, 9.17) is 0 Å². The van der Waals surface area contributed by atoms with Gasteiger partial charge in [0.1, 0.15) is 12.6 Å². The van der Waals surface area contributed by atoms with Crippen LogP contribution in [0, 0.1) is 13.8 Å². The predicted octanol–water partition coefficient (Wildman–Crippen LogP) is 5.22. The first-order chi connectivity index (χ1) is 18.3. The number of amides is 2. The van der Waals surface area contributed by atoms with Gasteiger partial charge >= 0.3 is 0 Å². The van der Waals surface area contributed by atoms with Crippen LogP contribution in [0.25, 0.3) is 0 Å². The molecule has 0 unspecified atom stereocenters. The van der Waals surface area contributed by atoms with Crippen LogP contribution < -0.4 is 9.62 Å². The molecule has 7 nitrogen and oxygen atoms in total. The molecule has 0 aliphatic heterocycles. The van der Waals surface area contributed by atoms with Gasteiger partial charge in [0.25, 0.3) is 10.0 Å². The second-order valence-corrected chi connectivity index (χ2v) is 12.7. The smallest absolute Gasteiger partial charge is 0.264 e. The van der Waals surface area contributed by atoms with Gasteiger partial charge in [-0.05, 0) is 70.9 Å². The van der Waals surface area contributed by atoms with Crippen molar-refractivity contribution in [3.63, 3.8) is 0 Å². The molecular formula is C31H39N3O4S. The summed E-state index contributed by atoms with van der Waals surface area (Å²) in [6.45, 7) is 11.1. The second-order valence-electron chi connectivity index (χ2n) is 10.8. The number of anilines is 1. The van der Waals surface area contributed by atoms with E-state index in [9.17, 15) is 18.0 Å². The highest BCUT2D eigenvalue weighted by molar-refractivity contribution is 7.92. The molecule has 0 aliphatic rings. The highest BCUT2D eigenvalue weighted by Gasteiger charge is 2.34. The van der Waals surface area contributed by atoms with E-state index in [1.165, 1.54) is 4.90 Å². The van der Waals surface area contributed by atoms with Crippen molar-refractivity contribution in [3.8, 4) is 0 Å². The Kier molecular flexibility index (Phi) is 9.56. The molecule has 3 aromatic rings. The Morgan fingerprint density at radius 2 is 1.38 bits per heavy atom. The topological polar surface area (TPSA) is 86.8 Å². The van der Waals surface area contributed by atoms with E-state index in [1.54, 1.807) is 54.6 Å². The molecule has 0 heterocycles. The van der Waals surface area contributed by atoms with Crippen molar-refractivity contribution in [3.05, 3.63) is 95.6 Å². The van der Waals surface area contributed by atoms with Crippen LogP contribution in [0.15, 0.2) is 83.8 Å². The SMILES string of the molecule is CC[C@H](C(=O)NC(C)(C)C)N(Cc1ccc(C)cc1)C(=O)CN(c1ccccc1)S(=O)(=O)c1ccc(C)cc1. The van der Waals surface area contributed by atoms with E-state index in [0.717, 1.165) is 21.0 Å². The first-order valence-corrected chi connectivity index (χ1v) is 14.6. The Morgan fingerprint density at radius 1 is 0.846 bits per heavy atom. The first-order valence-electron chi connectivity index (χ1n) is 13.1. The minimum atomic E-state index is -4.07. The maximum atomic E-state index is 14.0. The molecule has 0 saturated heterocycles. The number of hydrogen-bond acceptors (Lipinski definition) is 4. The predicted molar refractivity (Wildman–Crippen MR) is 156 cm³/mol. The van der Waals surface area contributed by atoms with Crippen molar-refractivity contribution < 1.29 is 18.0 Å². The van der Waals surface area contributed by atoms with Crippen LogP contribution in [0.4, 0.5) is 5.69 Å². The van der Waals surface area contributed by atoms with E-state index in [0.29, 0.717) is 12.1 Å². The third-order valence-corrected chi connectivity index (χ3v) is 8.08. The van der Waals surface area contributed by atoms with Crippen molar-refractivity contribution in [2.45, 2.75) is 71.0 Å². The third-order valence-electron chi connectivity index (χ3n) is 6.29. The van der Waals surface area contributed by atoms with E-state index in [-0.39, 0.29) is 17.3 Å². The normalized spacial score (nSPS) is 12.5. The summed E-state index contributed by atoms with van der Waals surface area (Å²) in [4.78, 5) is 29.0. The first kappa shape index (κ1) is 29.9. The van der Waals surface area contributed by atoms with Gasteiger partial charge < -0.3 is 10.2 Å². The fourth-order valence-electron chi connectivity index (χ4n) is 4.22. The van der Waals surface area contributed by atoms with Gasteiger partial charge in [-0.2, -0.15) is 0 Å². The summed E-state index contributed by atoms with van der Waals surface area (Å²) in [6.07, 6.45) is 0.371. The molecule has 3 aromatic carbocycles. The van der Waals surface area contributed by atoms with Crippen LogP contribution in [0.3, 0.4) is 0 Å². The van der Waals surface area contributed by atoms with Crippen molar-refractivity contribution in [2.24, 2.45) is 0 Å². The molecule has 0 fully saturated rings. The van der Waals surface area contributed by atoms with Crippen molar-refractivity contribution >= 4 is 27.5 Å². The minimum absolute atomic E-state index is 0.0901. The minimum Gasteiger partial charge on any atom is -0.350 e. The number of carbonyl (C=O) groups excluding carboxylic acids is 2. The second kappa shape index (κ2) is 12.5. The zero-order valence-corrected chi connectivity index (χ0v) is 24.5. The van der Waals surface area contributed by atoms with Crippen LogP contribution in [0.1, 0.15) is 50.8 Å². The summed E-state index contributed by atoms with van der Waals surface area (Å²) in [6, 6.07) is 22.1. The molecule has 0 bridgehead atoms. The third kappa shape index (κ3) is 7.93. The lowest BCUT2D eigenvalue weighted by Gasteiger charge is -2.34. The number of carbonyl (C=O) groups is 2. The molecule has 8 heteroatoms. The number of rotatable bonds is 10. The summed E-state index contributed by atoms with van der Waals surface area (Å²) in [7, 11) is -4.07. The Hall–Kier alpha value is -3.65. The van der Waals surface area contributed by atoms with E-state index < -0.39 is 34.1 Å². The van der Waals surface area contributed by atoms with Gasteiger partial charge in [0.05, 0.1) is 10.6 Å². The number of benzene rings is 3. The van der Waals surface area contributed by atoms with E-state index in [2.05, 4.69) is 5.32 Å². The Labute approximate surface area is 232 Å². The van der Waals surface area contributed by atoms with E-state index in [1.807, 2.05) is 65.8 Å². The molecule has 2 amide bonds. The van der Waals surface area contributed by atoms with Crippen molar-refractivity contribution in [2.75, 3.05) is 10.8 Å². The van der Waals surface area contributed by atoms with Gasteiger partial charge in [-0.1, -0.05) is 72.6 Å². The number of para-hydroxylation sites is 1. The molecule has 208 valence electrons. The lowest BCUT2D eigenvalue weighted by Crippen LogP contribution is -2.55. The largest absolute Gasteiger partial charge is 0.350 e. The fraction of sp³-hybridized carbons (Fsp3) is 0.355. The van der Waals surface area contributed by atoms with Crippen LogP contribution in [-0.4, -0.2) is 43.3 Å². The number of nitrogens with one attached hydrogen (secondary N) is 1. The fourth-order valence-corrected chi connectivity index (χ4v) is 5.64. The van der Waals surface area contributed by atoms with E-state index >= 15 is 0 Å².